The summed E-state index contributed by atoms with van der Waals surface area (Å²) in [5.74, 6) is 0.0350. The first-order valence-corrected chi connectivity index (χ1v) is 9.11. The number of hydrogen-bond donors (Lipinski definition) is 1. The lowest BCUT2D eigenvalue weighted by molar-refractivity contribution is 0.0772. The minimum Gasteiger partial charge on any atom is -0.339 e. The summed E-state index contributed by atoms with van der Waals surface area (Å²) in [5.41, 5.74) is 4.37. The Kier molecular flexibility index (Phi) is 5.26. The van der Waals surface area contributed by atoms with Gasteiger partial charge in [0, 0.05) is 36.6 Å². The van der Waals surface area contributed by atoms with Crippen molar-refractivity contribution in [3.8, 4) is 0 Å². The lowest BCUT2D eigenvalue weighted by atomic mass is 10.0. The number of carbonyl (C=O) groups excluding carboxylic acids is 2. The van der Waals surface area contributed by atoms with Crippen LogP contribution in [0.1, 0.15) is 35.3 Å². The highest BCUT2D eigenvalue weighted by Gasteiger charge is 2.29. The summed E-state index contributed by atoms with van der Waals surface area (Å²) in [6, 6.07) is 13.2. The van der Waals surface area contributed by atoms with Crippen molar-refractivity contribution in [1.82, 2.24) is 4.90 Å². The summed E-state index contributed by atoms with van der Waals surface area (Å²) in [6.45, 7) is 7.88. The van der Waals surface area contributed by atoms with Gasteiger partial charge in [-0.05, 0) is 62.6 Å². The van der Waals surface area contributed by atoms with Gasteiger partial charge in [-0.15, -0.1) is 0 Å². The number of anilines is 2. The summed E-state index contributed by atoms with van der Waals surface area (Å²) >= 11 is 0. The summed E-state index contributed by atoms with van der Waals surface area (Å²) in [5, 5.41) is 2.95. The molecule has 0 saturated carbocycles. The minimum atomic E-state index is -0.165. The molecule has 1 aliphatic rings. The number of benzene rings is 2. The highest BCUT2D eigenvalue weighted by Crippen LogP contribution is 2.32. The number of amides is 3. The standard InChI is InChI=1S/C21H25N3O2/c1-4-23(5-2)20(25)18-10-7-11-19-17(18)12-13-24(19)21(26)22-16-9-6-8-15(3)14-16/h6-11,14H,4-5,12-13H2,1-3H3,(H,22,26). The predicted octanol–water partition coefficient (Wildman–Crippen LogP) is 4.07. The zero-order valence-electron chi connectivity index (χ0n) is 15.6. The molecular formula is C21H25N3O2. The van der Waals surface area contributed by atoms with Crippen molar-refractivity contribution >= 4 is 23.3 Å². The number of nitrogens with one attached hydrogen (secondary N) is 1. The first-order chi connectivity index (χ1) is 12.5. The van der Waals surface area contributed by atoms with E-state index in [1.807, 2.05) is 68.1 Å². The third kappa shape index (κ3) is 3.43. The third-order valence-electron chi connectivity index (χ3n) is 4.82. The van der Waals surface area contributed by atoms with E-state index in [9.17, 15) is 9.59 Å². The molecule has 3 amide bonds. The van der Waals surface area contributed by atoms with Gasteiger partial charge < -0.3 is 10.2 Å². The highest BCUT2D eigenvalue weighted by molar-refractivity contribution is 6.05. The van der Waals surface area contributed by atoms with E-state index in [1.54, 1.807) is 4.90 Å². The Morgan fingerprint density at radius 2 is 1.85 bits per heavy atom. The van der Waals surface area contributed by atoms with E-state index in [0.717, 1.165) is 22.5 Å². The van der Waals surface area contributed by atoms with Crippen LogP contribution in [-0.4, -0.2) is 36.5 Å². The Morgan fingerprint density at radius 3 is 2.54 bits per heavy atom. The Balaban J connectivity index is 1.84. The molecule has 136 valence electrons. The van der Waals surface area contributed by atoms with Crippen LogP contribution in [0.5, 0.6) is 0 Å². The largest absolute Gasteiger partial charge is 0.339 e. The molecule has 0 saturated heterocycles. The number of rotatable bonds is 4. The van der Waals surface area contributed by atoms with Gasteiger partial charge in [0.2, 0.25) is 0 Å². The molecule has 0 bridgehead atoms. The second kappa shape index (κ2) is 7.60. The summed E-state index contributed by atoms with van der Waals surface area (Å²) in [4.78, 5) is 29.0. The molecule has 2 aromatic carbocycles. The van der Waals surface area contributed by atoms with Crippen molar-refractivity contribution in [2.75, 3.05) is 29.9 Å². The second-order valence-corrected chi connectivity index (χ2v) is 6.48. The molecule has 0 aromatic heterocycles. The SMILES string of the molecule is CCN(CC)C(=O)c1cccc2c1CCN2C(=O)Nc1cccc(C)c1. The third-order valence-corrected chi connectivity index (χ3v) is 4.82. The van der Waals surface area contributed by atoms with E-state index in [4.69, 9.17) is 0 Å². The van der Waals surface area contributed by atoms with Gasteiger partial charge in [-0.3, -0.25) is 9.69 Å². The van der Waals surface area contributed by atoms with Crippen molar-refractivity contribution < 1.29 is 9.59 Å². The maximum absolute atomic E-state index is 12.8. The van der Waals surface area contributed by atoms with E-state index in [1.165, 1.54) is 0 Å². The average Bonchev–Trinajstić information content (AvgIpc) is 3.07. The van der Waals surface area contributed by atoms with Crippen LogP contribution in [0.15, 0.2) is 42.5 Å². The Labute approximate surface area is 154 Å². The minimum absolute atomic E-state index is 0.0350. The molecule has 0 fully saturated rings. The van der Waals surface area contributed by atoms with Crippen LogP contribution < -0.4 is 10.2 Å². The maximum Gasteiger partial charge on any atom is 0.326 e. The molecule has 0 atom stereocenters. The molecule has 1 N–H and O–H groups in total. The van der Waals surface area contributed by atoms with Gasteiger partial charge in [0.15, 0.2) is 0 Å². The zero-order chi connectivity index (χ0) is 18.7. The molecule has 5 heteroatoms. The van der Waals surface area contributed by atoms with E-state index in [2.05, 4.69) is 5.32 Å². The highest BCUT2D eigenvalue weighted by atomic mass is 16.2. The second-order valence-electron chi connectivity index (χ2n) is 6.48. The van der Waals surface area contributed by atoms with Crippen molar-refractivity contribution in [3.63, 3.8) is 0 Å². The van der Waals surface area contributed by atoms with Crippen LogP contribution in [0.2, 0.25) is 0 Å². The van der Waals surface area contributed by atoms with Crippen LogP contribution in [0.3, 0.4) is 0 Å². The Hall–Kier alpha value is -2.82. The van der Waals surface area contributed by atoms with E-state index < -0.39 is 0 Å². The lowest BCUT2D eigenvalue weighted by Gasteiger charge is -2.21. The molecule has 5 nitrogen and oxygen atoms in total. The topological polar surface area (TPSA) is 52.7 Å². The number of fused-ring (bicyclic) bond motifs is 1. The van der Waals surface area contributed by atoms with Crippen LogP contribution in [-0.2, 0) is 6.42 Å². The summed E-state index contributed by atoms with van der Waals surface area (Å²) in [7, 11) is 0. The molecule has 2 aromatic rings. The quantitative estimate of drug-likeness (QED) is 0.903. The monoisotopic (exact) mass is 351 g/mol. The summed E-state index contributed by atoms with van der Waals surface area (Å²) < 4.78 is 0. The van der Waals surface area contributed by atoms with Crippen molar-refractivity contribution in [1.29, 1.82) is 0 Å². The predicted molar refractivity (Wildman–Crippen MR) is 105 cm³/mol. The average molecular weight is 351 g/mol. The fraction of sp³-hybridized carbons (Fsp3) is 0.333. The fourth-order valence-electron chi connectivity index (χ4n) is 3.44. The Morgan fingerprint density at radius 1 is 1.12 bits per heavy atom. The van der Waals surface area contributed by atoms with Crippen molar-refractivity contribution in [2.24, 2.45) is 0 Å². The normalized spacial score (nSPS) is 12.7. The first-order valence-electron chi connectivity index (χ1n) is 9.11. The molecule has 1 aliphatic heterocycles. The molecule has 26 heavy (non-hydrogen) atoms. The van der Waals surface area contributed by atoms with E-state index in [-0.39, 0.29) is 11.9 Å². The Bertz CT molecular complexity index is 828. The molecule has 0 spiro atoms. The molecule has 0 unspecified atom stereocenters. The number of nitrogens with zero attached hydrogens (tertiary/aromatic N) is 2. The molecule has 0 radical (unpaired) electrons. The van der Waals surface area contributed by atoms with Crippen LogP contribution in [0.25, 0.3) is 0 Å². The van der Waals surface area contributed by atoms with Crippen LogP contribution in [0.4, 0.5) is 16.2 Å². The number of hydrogen-bond acceptors (Lipinski definition) is 2. The van der Waals surface area contributed by atoms with Crippen molar-refractivity contribution in [3.05, 3.63) is 59.2 Å². The van der Waals surface area contributed by atoms with Gasteiger partial charge in [-0.2, -0.15) is 0 Å². The van der Waals surface area contributed by atoms with E-state index >= 15 is 0 Å². The van der Waals surface area contributed by atoms with Gasteiger partial charge in [-0.1, -0.05) is 18.2 Å². The summed E-state index contributed by atoms with van der Waals surface area (Å²) in [6.07, 6.45) is 0.694. The molecule has 3 rings (SSSR count). The van der Waals surface area contributed by atoms with Gasteiger partial charge in [0.25, 0.3) is 5.91 Å². The lowest BCUT2D eigenvalue weighted by Crippen LogP contribution is -2.33. The molecule has 0 aliphatic carbocycles. The zero-order valence-corrected chi connectivity index (χ0v) is 15.6. The van der Waals surface area contributed by atoms with Gasteiger partial charge in [-0.25, -0.2) is 4.79 Å². The smallest absolute Gasteiger partial charge is 0.326 e. The maximum atomic E-state index is 12.8. The molecule has 1 heterocycles. The van der Waals surface area contributed by atoms with E-state index in [0.29, 0.717) is 31.6 Å². The molecular weight excluding hydrogens is 326 g/mol. The van der Waals surface area contributed by atoms with Crippen LogP contribution in [0, 0.1) is 6.92 Å². The fourth-order valence-corrected chi connectivity index (χ4v) is 3.44. The number of carbonyl (C=O) groups is 2. The number of aryl methyl sites for hydroxylation is 1. The first kappa shape index (κ1) is 18.0. The number of urea groups is 1. The van der Waals surface area contributed by atoms with Crippen molar-refractivity contribution in [2.45, 2.75) is 27.2 Å². The van der Waals surface area contributed by atoms with Gasteiger partial charge >= 0.3 is 6.03 Å². The van der Waals surface area contributed by atoms with Gasteiger partial charge in [0.05, 0.1) is 0 Å². The van der Waals surface area contributed by atoms with Crippen LogP contribution >= 0.6 is 0 Å². The van der Waals surface area contributed by atoms with Gasteiger partial charge in [0.1, 0.15) is 0 Å².